The number of hydrogen-bond donors (Lipinski definition) is 0. The minimum atomic E-state index is -0.386. The van der Waals surface area contributed by atoms with Crippen LogP contribution in [0.2, 0.25) is 0 Å². The van der Waals surface area contributed by atoms with E-state index in [0.717, 1.165) is 39.0 Å². The summed E-state index contributed by atoms with van der Waals surface area (Å²) in [5, 5.41) is 0. The monoisotopic (exact) mass is 414 g/mol. The van der Waals surface area contributed by atoms with Crippen molar-refractivity contribution in [3.05, 3.63) is 70.8 Å². The normalized spacial score (nSPS) is 20.1. The van der Waals surface area contributed by atoms with Crippen LogP contribution in [-0.2, 0) is 24.1 Å². The van der Waals surface area contributed by atoms with Gasteiger partial charge in [-0.3, -0.25) is 9.80 Å². The second-order valence-corrected chi connectivity index (χ2v) is 8.80. The fourth-order valence-electron chi connectivity index (χ4n) is 5.10. The molecule has 2 aromatic rings. The van der Waals surface area contributed by atoms with E-state index in [1.165, 1.54) is 42.2 Å². The predicted molar refractivity (Wildman–Crippen MR) is 115 cm³/mol. The number of nitrogens with zero attached hydrogens (tertiary/aromatic N) is 2. The summed E-state index contributed by atoms with van der Waals surface area (Å²) in [5.41, 5.74) is 3.41. The molecule has 3 nitrogen and oxygen atoms in total. The summed E-state index contributed by atoms with van der Waals surface area (Å²) in [4.78, 5) is 4.88. The van der Waals surface area contributed by atoms with Crippen LogP contribution in [0.4, 0.5) is 8.78 Å². The SMILES string of the molecule is COCCN(Cc1cc(F)ccc1F)CC1CCCN(C2Cc3ccccc3C2)C1. The zero-order valence-electron chi connectivity index (χ0n) is 17.8. The zero-order valence-corrected chi connectivity index (χ0v) is 17.8. The second kappa shape index (κ2) is 9.99. The molecule has 1 heterocycles. The van der Waals surface area contributed by atoms with Crippen LogP contribution in [0.25, 0.3) is 0 Å². The van der Waals surface area contributed by atoms with Crippen molar-refractivity contribution in [2.24, 2.45) is 5.92 Å². The third-order valence-electron chi connectivity index (χ3n) is 6.63. The summed E-state index contributed by atoms with van der Waals surface area (Å²) < 4.78 is 33.1. The van der Waals surface area contributed by atoms with Gasteiger partial charge in [0.15, 0.2) is 0 Å². The summed E-state index contributed by atoms with van der Waals surface area (Å²) >= 11 is 0. The molecule has 1 saturated heterocycles. The third-order valence-corrected chi connectivity index (χ3v) is 6.63. The lowest BCUT2D eigenvalue weighted by molar-refractivity contribution is 0.0839. The molecule has 0 N–H and O–H groups in total. The molecule has 0 bridgehead atoms. The van der Waals surface area contributed by atoms with Crippen molar-refractivity contribution in [2.45, 2.75) is 38.3 Å². The molecule has 0 spiro atoms. The number of methoxy groups -OCH3 is 1. The Labute approximate surface area is 178 Å². The van der Waals surface area contributed by atoms with Crippen LogP contribution < -0.4 is 0 Å². The molecule has 0 amide bonds. The van der Waals surface area contributed by atoms with E-state index in [4.69, 9.17) is 4.74 Å². The van der Waals surface area contributed by atoms with E-state index < -0.39 is 0 Å². The first-order chi connectivity index (χ1) is 14.6. The van der Waals surface area contributed by atoms with Crippen LogP contribution in [0.5, 0.6) is 0 Å². The van der Waals surface area contributed by atoms with Crippen molar-refractivity contribution in [3.63, 3.8) is 0 Å². The number of hydrogen-bond acceptors (Lipinski definition) is 3. The molecule has 4 rings (SSSR count). The van der Waals surface area contributed by atoms with Gasteiger partial charge in [-0.05, 0) is 67.5 Å². The van der Waals surface area contributed by atoms with E-state index in [1.807, 2.05) is 0 Å². The average Bonchev–Trinajstić information content (AvgIpc) is 3.19. The fourth-order valence-corrected chi connectivity index (χ4v) is 5.10. The van der Waals surface area contributed by atoms with Gasteiger partial charge in [-0.2, -0.15) is 0 Å². The van der Waals surface area contributed by atoms with Crippen LogP contribution in [0, 0.1) is 17.6 Å². The van der Waals surface area contributed by atoms with Crippen molar-refractivity contribution >= 4 is 0 Å². The van der Waals surface area contributed by atoms with Gasteiger partial charge in [0.25, 0.3) is 0 Å². The maximum atomic E-state index is 14.2. The first kappa shape index (κ1) is 21.4. The largest absolute Gasteiger partial charge is 0.383 e. The Balaban J connectivity index is 1.38. The van der Waals surface area contributed by atoms with Crippen LogP contribution in [-0.4, -0.2) is 55.7 Å². The quantitative estimate of drug-likeness (QED) is 0.641. The lowest BCUT2D eigenvalue weighted by Gasteiger charge is -2.38. The Kier molecular flexibility index (Phi) is 7.13. The minimum absolute atomic E-state index is 0.340. The van der Waals surface area contributed by atoms with Crippen LogP contribution in [0.1, 0.15) is 29.5 Å². The highest BCUT2D eigenvalue weighted by atomic mass is 19.1. The highest BCUT2D eigenvalue weighted by Crippen LogP contribution is 2.29. The lowest BCUT2D eigenvalue weighted by Crippen LogP contribution is -2.46. The number of piperidine rings is 1. The molecule has 1 aliphatic carbocycles. The Hall–Kier alpha value is -1.82. The maximum Gasteiger partial charge on any atom is 0.127 e. The van der Waals surface area contributed by atoms with Crippen molar-refractivity contribution < 1.29 is 13.5 Å². The highest BCUT2D eigenvalue weighted by molar-refractivity contribution is 5.33. The van der Waals surface area contributed by atoms with Crippen molar-refractivity contribution in [2.75, 3.05) is 39.9 Å². The molecule has 5 heteroatoms. The Morgan fingerprint density at radius 3 is 2.60 bits per heavy atom. The number of likely N-dealkylation sites (tertiary alicyclic amines) is 1. The Bertz CT molecular complexity index is 819. The van der Waals surface area contributed by atoms with Crippen LogP contribution in [0.15, 0.2) is 42.5 Å². The van der Waals surface area contributed by atoms with Gasteiger partial charge >= 0.3 is 0 Å². The molecule has 2 aromatic carbocycles. The minimum Gasteiger partial charge on any atom is -0.383 e. The van der Waals surface area contributed by atoms with Gasteiger partial charge in [0.2, 0.25) is 0 Å². The summed E-state index contributed by atoms with van der Waals surface area (Å²) in [6, 6.07) is 13.1. The molecule has 0 aromatic heterocycles. The lowest BCUT2D eigenvalue weighted by atomic mass is 9.95. The molecule has 1 aliphatic heterocycles. The van der Waals surface area contributed by atoms with Crippen LogP contribution >= 0.6 is 0 Å². The smallest absolute Gasteiger partial charge is 0.127 e. The predicted octanol–water partition coefficient (Wildman–Crippen LogP) is 4.29. The molecule has 0 radical (unpaired) electrons. The molecule has 2 aliphatic rings. The van der Waals surface area contributed by atoms with Gasteiger partial charge in [0.05, 0.1) is 6.61 Å². The number of fused-ring (bicyclic) bond motifs is 1. The third kappa shape index (κ3) is 5.26. The number of benzene rings is 2. The zero-order chi connectivity index (χ0) is 20.9. The fraction of sp³-hybridized carbons (Fsp3) is 0.520. The molecule has 1 unspecified atom stereocenters. The van der Waals surface area contributed by atoms with Gasteiger partial charge in [-0.15, -0.1) is 0 Å². The van der Waals surface area contributed by atoms with E-state index in [9.17, 15) is 8.78 Å². The van der Waals surface area contributed by atoms with E-state index >= 15 is 0 Å². The van der Waals surface area contributed by atoms with Gasteiger partial charge in [0.1, 0.15) is 11.6 Å². The second-order valence-electron chi connectivity index (χ2n) is 8.80. The molecule has 30 heavy (non-hydrogen) atoms. The topological polar surface area (TPSA) is 15.7 Å². The van der Waals surface area contributed by atoms with Crippen LogP contribution in [0.3, 0.4) is 0 Å². The van der Waals surface area contributed by atoms with Crippen molar-refractivity contribution in [3.8, 4) is 0 Å². The van der Waals surface area contributed by atoms with E-state index in [2.05, 4.69) is 34.1 Å². The number of rotatable bonds is 8. The highest BCUT2D eigenvalue weighted by Gasteiger charge is 2.31. The van der Waals surface area contributed by atoms with Gasteiger partial charge in [0, 0.05) is 44.9 Å². The first-order valence-corrected chi connectivity index (χ1v) is 11.1. The standard InChI is InChI=1S/C25H32F2N2O/c1-30-12-11-28(18-22-13-23(26)8-9-25(22)27)16-19-5-4-10-29(17-19)24-14-20-6-2-3-7-21(20)15-24/h2-3,6-9,13,19,24H,4-5,10-12,14-18H2,1H3. The molecule has 0 saturated carbocycles. The van der Waals surface area contributed by atoms with Crippen molar-refractivity contribution in [1.82, 2.24) is 9.80 Å². The van der Waals surface area contributed by atoms with E-state index in [-0.39, 0.29) is 11.6 Å². The summed E-state index contributed by atoms with van der Waals surface area (Å²) in [5.74, 6) is -0.188. The Morgan fingerprint density at radius 2 is 1.87 bits per heavy atom. The van der Waals surface area contributed by atoms with E-state index in [1.54, 1.807) is 7.11 Å². The molecular formula is C25H32F2N2O. The summed E-state index contributed by atoms with van der Waals surface area (Å²) in [6.07, 6.45) is 4.67. The maximum absolute atomic E-state index is 14.2. The number of ether oxygens (including phenoxy) is 1. The number of halogens is 2. The molecule has 1 atom stereocenters. The molecule has 162 valence electrons. The van der Waals surface area contributed by atoms with E-state index in [0.29, 0.717) is 30.7 Å². The van der Waals surface area contributed by atoms with Gasteiger partial charge in [-0.1, -0.05) is 24.3 Å². The first-order valence-electron chi connectivity index (χ1n) is 11.1. The summed E-state index contributed by atoms with van der Waals surface area (Å²) in [6.45, 7) is 4.84. The molecular weight excluding hydrogens is 382 g/mol. The van der Waals surface area contributed by atoms with Crippen molar-refractivity contribution in [1.29, 1.82) is 0 Å². The molecule has 1 fully saturated rings. The summed E-state index contributed by atoms with van der Waals surface area (Å²) in [7, 11) is 1.68. The average molecular weight is 415 g/mol. The van der Waals surface area contributed by atoms with Gasteiger partial charge in [-0.25, -0.2) is 8.78 Å². The van der Waals surface area contributed by atoms with Gasteiger partial charge < -0.3 is 4.74 Å². The Morgan fingerprint density at radius 1 is 1.10 bits per heavy atom.